The van der Waals surface area contributed by atoms with Crippen LogP contribution in [0.25, 0.3) is 0 Å². The molecule has 1 aliphatic rings. The van der Waals surface area contributed by atoms with Crippen molar-refractivity contribution in [3.8, 4) is 0 Å². The summed E-state index contributed by atoms with van der Waals surface area (Å²) in [5, 5.41) is 0. The van der Waals surface area contributed by atoms with E-state index in [1.165, 1.54) is 31.5 Å². The summed E-state index contributed by atoms with van der Waals surface area (Å²) in [6.07, 6.45) is 3.44. The third-order valence-corrected chi connectivity index (χ3v) is 4.55. The van der Waals surface area contributed by atoms with E-state index in [4.69, 9.17) is 4.74 Å². The van der Waals surface area contributed by atoms with E-state index < -0.39 is 0 Å². The molecular formula is C16H24N2O2S. The highest BCUT2D eigenvalue weighted by molar-refractivity contribution is 7.98. The van der Waals surface area contributed by atoms with Gasteiger partial charge in [-0.1, -0.05) is 0 Å². The average Bonchev–Trinajstić information content (AvgIpc) is 2.55. The van der Waals surface area contributed by atoms with Gasteiger partial charge in [0.1, 0.15) is 0 Å². The van der Waals surface area contributed by atoms with Gasteiger partial charge in [-0.05, 0) is 49.2 Å². The monoisotopic (exact) mass is 308 g/mol. The zero-order valence-electron chi connectivity index (χ0n) is 12.9. The van der Waals surface area contributed by atoms with E-state index in [1.807, 2.05) is 36.0 Å². The maximum Gasteiger partial charge on any atom is 0.337 e. The van der Waals surface area contributed by atoms with Crippen LogP contribution in [0.5, 0.6) is 0 Å². The number of thioether (sulfide) groups is 1. The van der Waals surface area contributed by atoms with Gasteiger partial charge in [0.05, 0.1) is 12.7 Å². The van der Waals surface area contributed by atoms with Crippen molar-refractivity contribution in [2.45, 2.75) is 6.42 Å². The van der Waals surface area contributed by atoms with Crippen LogP contribution in [0, 0.1) is 0 Å². The maximum atomic E-state index is 11.4. The smallest absolute Gasteiger partial charge is 0.337 e. The second-order valence-corrected chi connectivity index (χ2v) is 6.20. The Kier molecular flexibility index (Phi) is 6.39. The minimum Gasteiger partial charge on any atom is -0.465 e. The highest BCUT2D eigenvalue weighted by Gasteiger charge is 2.17. The normalized spacial score (nSPS) is 16.0. The van der Waals surface area contributed by atoms with E-state index in [2.05, 4.69) is 16.1 Å². The van der Waals surface area contributed by atoms with Gasteiger partial charge < -0.3 is 9.64 Å². The van der Waals surface area contributed by atoms with Crippen LogP contribution in [0.15, 0.2) is 24.3 Å². The molecule has 0 unspecified atom stereocenters. The van der Waals surface area contributed by atoms with Crippen LogP contribution in [-0.4, -0.2) is 62.7 Å². The molecule has 0 radical (unpaired) electrons. The van der Waals surface area contributed by atoms with Crippen LogP contribution >= 0.6 is 11.8 Å². The molecule has 1 heterocycles. The van der Waals surface area contributed by atoms with Gasteiger partial charge in [-0.25, -0.2) is 4.79 Å². The van der Waals surface area contributed by atoms with Gasteiger partial charge in [0.15, 0.2) is 0 Å². The van der Waals surface area contributed by atoms with Crippen LogP contribution in [0.2, 0.25) is 0 Å². The third kappa shape index (κ3) is 4.64. The predicted molar refractivity (Wildman–Crippen MR) is 89.4 cm³/mol. The molecule has 5 heteroatoms. The molecule has 0 aliphatic carbocycles. The van der Waals surface area contributed by atoms with Gasteiger partial charge >= 0.3 is 5.97 Å². The number of piperazine rings is 1. The lowest BCUT2D eigenvalue weighted by molar-refractivity contribution is 0.0601. The number of carbonyl (C=O) groups excluding carboxylic acids is 1. The summed E-state index contributed by atoms with van der Waals surface area (Å²) in [5.41, 5.74) is 1.79. The lowest BCUT2D eigenvalue weighted by Crippen LogP contribution is -2.46. The number of hydrogen-bond acceptors (Lipinski definition) is 5. The molecule has 0 spiro atoms. The van der Waals surface area contributed by atoms with Crippen LogP contribution in [0.4, 0.5) is 5.69 Å². The number of hydrogen-bond donors (Lipinski definition) is 0. The van der Waals surface area contributed by atoms with Crippen LogP contribution in [0.3, 0.4) is 0 Å². The molecule has 1 aromatic carbocycles. The van der Waals surface area contributed by atoms with Gasteiger partial charge in [0.2, 0.25) is 0 Å². The molecule has 1 aromatic rings. The Morgan fingerprint density at radius 1 is 1.19 bits per heavy atom. The fourth-order valence-corrected chi connectivity index (χ4v) is 3.01. The standard InChI is InChI=1S/C16H24N2O2S/c1-20-16(19)14-4-6-15(7-5-14)18-11-9-17(10-12-18)8-3-13-21-2/h4-7H,3,8-13H2,1-2H3. The first-order valence-corrected chi connectivity index (χ1v) is 8.78. The molecular weight excluding hydrogens is 284 g/mol. The number of ether oxygens (including phenoxy) is 1. The quantitative estimate of drug-likeness (QED) is 0.595. The van der Waals surface area contributed by atoms with Crippen molar-refractivity contribution in [2.75, 3.05) is 56.7 Å². The summed E-state index contributed by atoms with van der Waals surface area (Å²) in [4.78, 5) is 16.3. The second-order valence-electron chi connectivity index (χ2n) is 5.21. The van der Waals surface area contributed by atoms with Crippen LogP contribution in [-0.2, 0) is 4.74 Å². The van der Waals surface area contributed by atoms with Crippen molar-refractivity contribution in [3.05, 3.63) is 29.8 Å². The molecule has 1 saturated heterocycles. The lowest BCUT2D eigenvalue weighted by atomic mass is 10.2. The highest BCUT2D eigenvalue weighted by Crippen LogP contribution is 2.18. The summed E-state index contributed by atoms with van der Waals surface area (Å²) >= 11 is 1.92. The Hall–Kier alpha value is -1.20. The molecule has 0 amide bonds. The summed E-state index contributed by atoms with van der Waals surface area (Å²) in [7, 11) is 1.41. The van der Waals surface area contributed by atoms with Gasteiger partial charge in [-0.3, -0.25) is 4.90 Å². The number of carbonyl (C=O) groups is 1. The zero-order chi connectivity index (χ0) is 15.1. The minimum absolute atomic E-state index is 0.278. The molecule has 1 fully saturated rings. The number of rotatable bonds is 6. The zero-order valence-corrected chi connectivity index (χ0v) is 13.7. The topological polar surface area (TPSA) is 32.8 Å². The molecule has 116 valence electrons. The predicted octanol–water partition coefficient (Wildman–Crippen LogP) is 2.35. The SMILES string of the molecule is COC(=O)c1ccc(N2CCN(CCCSC)CC2)cc1. The Bertz CT molecular complexity index is 442. The van der Waals surface area contributed by atoms with Crippen molar-refractivity contribution in [1.82, 2.24) is 4.90 Å². The largest absolute Gasteiger partial charge is 0.465 e. The van der Waals surface area contributed by atoms with E-state index in [0.29, 0.717) is 5.56 Å². The van der Waals surface area contributed by atoms with Gasteiger partial charge in [0, 0.05) is 31.9 Å². The van der Waals surface area contributed by atoms with Gasteiger partial charge in [-0.2, -0.15) is 11.8 Å². The Morgan fingerprint density at radius 2 is 1.86 bits per heavy atom. The highest BCUT2D eigenvalue weighted by atomic mass is 32.2. The van der Waals surface area contributed by atoms with E-state index in [0.717, 1.165) is 26.2 Å². The molecule has 0 aromatic heterocycles. The summed E-state index contributed by atoms with van der Waals surface area (Å²) in [5.74, 6) is 0.968. The molecule has 0 saturated carbocycles. The summed E-state index contributed by atoms with van der Waals surface area (Å²) in [6, 6.07) is 7.70. The Labute approximate surface area is 131 Å². The Balaban J connectivity index is 1.83. The maximum absolute atomic E-state index is 11.4. The van der Waals surface area contributed by atoms with Crippen molar-refractivity contribution in [1.29, 1.82) is 0 Å². The van der Waals surface area contributed by atoms with Crippen molar-refractivity contribution < 1.29 is 9.53 Å². The number of nitrogens with zero attached hydrogens (tertiary/aromatic N) is 2. The van der Waals surface area contributed by atoms with Gasteiger partial charge in [-0.15, -0.1) is 0 Å². The van der Waals surface area contributed by atoms with E-state index >= 15 is 0 Å². The van der Waals surface area contributed by atoms with E-state index in [-0.39, 0.29) is 5.97 Å². The second kappa shape index (κ2) is 8.29. The van der Waals surface area contributed by atoms with E-state index in [9.17, 15) is 4.79 Å². The number of esters is 1. The van der Waals surface area contributed by atoms with E-state index in [1.54, 1.807) is 0 Å². The van der Waals surface area contributed by atoms with Crippen molar-refractivity contribution in [3.63, 3.8) is 0 Å². The lowest BCUT2D eigenvalue weighted by Gasteiger charge is -2.36. The first kappa shape index (κ1) is 16.2. The fraction of sp³-hybridized carbons (Fsp3) is 0.562. The van der Waals surface area contributed by atoms with Gasteiger partial charge in [0.25, 0.3) is 0 Å². The first-order chi connectivity index (χ1) is 10.2. The molecule has 0 atom stereocenters. The van der Waals surface area contributed by atoms with Crippen LogP contribution in [0.1, 0.15) is 16.8 Å². The molecule has 2 rings (SSSR count). The Morgan fingerprint density at radius 3 is 2.43 bits per heavy atom. The average molecular weight is 308 g/mol. The first-order valence-electron chi connectivity index (χ1n) is 7.39. The number of anilines is 1. The molecule has 21 heavy (non-hydrogen) atoms. The minimum atomic E-state index is -0.278. The molecule has 0 bridgehead atoms. The number of benzene rings is 1. The fourth-order valence-electron chi connectivity index (χ4n) is 2.59. The molecule has 0 N–H and O–H groups in total. The molecule has 1 aliphatic heterocycles. The summed E-state index contributed by atoms with van der Waals surface area (Å²) in [6.45, 7) is 5.55. The van der Waals surface area contributed by atoms with Crippen molar-refractivity contribution >= 4 is 23.4 Å². The molecule has 4 nitrogen and oxygen atoms in total. The summed E-state index contributed by atoms with van der Waals surface area (Å²) < 4.78 is 4.72. The van der Waals surface area contributed by atoms with Crippen molar-refractivity contribution in [2.24, 2.45) is 0 Å². The van der Waals surface area contributed by atoms with Crippen LogP contribution < -0.4 is 4.90 Å². The number of methoxy groups -OCH3 is 1. The third-order valence-electron chi connectivity index (χ3n) is 3.85.